The third-order valence-electron chi connectivity index (χ3n) is 5.84. The molecule has 4 aromatic rings. The lowest BCUT2D eigenvalue weighted by molar-refractivity contribution is -0.425. The Kier molecular flexibility index (Phi) is 8.97. The Hall–Kier alpha value is -4.78. The van der Waals surface area contributed by atoms with Gasteiger partial charge in [0.25, 0.3) is 5.70 Å². The fourth-order valence-corrected chi connectivity index (χ4v) is 3.88. The van der Waals surface area contributed by atoms with Crippen LogP contribution in [0.2, 0.25) is 0 Å². The molecule has 7 heteroatoms. The van der Waals surface area contributed by atoms with Gasteiger partial charge in [0.1, 0.15) is 13.2 Å². The lowest BCUT2D eigenvalue weighted by Crippen LogP contribution is -2.04. The van der Waals surface area contributed by atoms with Gasteiger partial charge >= 0.3 is 0 Å². The van der Waals surface area contributed by atoms with Crippen molar-refractivity contribution in [1.29, 1.82) is 0 Å². The highest BCUT2D eigenvalue weighted by Gasteiger charge is 2.16. The van der Waals surface area contributed by atoms with E-state index in [1.807, 2.05) is 66.7 Å². The van der Waals surface area contributed by atoms with Crippen LogP contribution in [0.4, 0.5) is 0 Å². The van der Waals surface area contributed by atoms with Crippen LogP contribution in [0.15, 0.2) is 103 Å². The van der Waals surface area contributed by atoms with Crippen LogP contribution in [0.1, 0.15) is 22.3 Å². The van der Waals surface area contributed by atoms with Crippen molar-refractivity contribution in [3.05, 3.63) is 135 Å². The zero-order valence-corrected chi connectivity index (χ0v) is 21.3. The first-order chi connectivity index (χ1) is 18.6. The van der Waals surface area contributed by atoms with Gasteiger partial charge < -0.3 is 18.9 Å². The van der Waals surface area contributed by atoms with E-state index in [1.54, 1.807) is 50.6 Å². The number of hydrogen-bond donors (Lipinski definition) is 0. The Morgan fingerprint density at radius 3 is 1.84 bits per heavy atom. The van der Waals surface area contributed by atoms with Crippen molar-refractivity contribution < 1.29 is 23.9 Å². The second kappa shape index (κ2) is 13.0. The lowest BCUT2D eigenvalue weighted by Gasteiger charge is -2.12. The molecule has 0 radical (unpaired) electrons. The van der Waals surface area contributed by atoms with E-state index < -0.39 is 0 Å². The van der Waals surface area contributed by atoms with Gasteiger partial charge in [0, 0.05) is 6.08 Å². The molecule has 0 saturated carbocycles. The Balaban J connectivity index is 1.51. The predicted molar refractivity (Wildman–Crippen MR) is 146 cm³/mol. The molecule has 0 fully saturated rings. The summed E-state index contributed by atoms with van der Waals surface area (Å²) < 4.78 is 22.8. The number of rotatable bonds is 12. The van der Waals surface area contributed by atoms with Crippen molar-refractivity contribution in [3.8, 4) is 23.0 Å². The standard InChI is InChI=1S/C31H29NO6/c1-35-28-15-13-26(20-31(28)38-22-24-11-7-4-8-12-24)18-27(32(33)34)17-25-14-16-29(30(19-25)36-2)37-21-23-9-5-3-6-10-23/h3-16,18-20H,17,21-22H2,1-2H3/b27-18-. The van der Waals surface area contributed by atoms with Gasteiger partial charge in [0.2, 0.25) is 0 Å². The molecule has 7 nitrogen and oxygen atoms in total. The van der Waals surface area contributed by atoms with Crippen molar-refractivity contribution in [3.63, 3.8) is 0 Å². The molecule has 0 spiro atoms. The maximum absolute atomic E-state index is 11.9. The highest BCUT2D eigenvalue weighted by molar-refractivity contribution is 5.58. The van der Waals surface area contributed by atoms with E-state index in [-0.39, 0.29) is 17.0 Å². The van der Waals surface area contributed by atoms with E-state index in [0.717, 1.165) is 16.7 Å². The molecule has 0 saturated heterocycles. The molecule has 0 heterocycles. The molecule has 0 amide bonds. The molecular weight excluding hydrogens is 482 g/mol. The smallest absolute Gasteiger partial charge is 0.251 e. The van der Waals surface area contributed by atoms with Crippen molar-refractivity contribution in [2.75, 3.05) is 14.2 Å². The van der Waals surface area contributed by atoms with Crippen LogP contribution in [-0.4, -0.2) is 19.1 Å². The van der Waals surface area contributed by atoms with E-state index in [0.29, 0.717) is 41.8 Å². The van der Waals surface area contributed by atoms with Gasteiger partial charge in [-0.1, -0.05) is 72.8 Å². The van der Waals surface area contributed by atoms with Crippen molar-refractivity contribution in [2.24, 2.45) is 0 Å². The van der Waals surface area contributed by atoms with Gasteiger partial charge in [0.05, 0.1) is 25.6 Å². The van der Waals surface area contributed by atoms with Crippen molar-refractivity contribution >= 4 is 6.08 Å². The molecule has 0 N–H and O–H groups in total. The molecule has 0 atom stereocenters. The van der Waals surface area contributed by atoms with Crippen LogP contribution in [0, 0.1) is 10.1 Å². The molecule has 0 unspecified atom stereocenters. The summed E-state index contributed by atoms with van der Waals surface area (Å²) in [6.07, 6.45) is 1.65. The third kappa shape index (κ3) is 7.13. The monoisotopic (exact) mass is 511 g/mol. The zero-order valence-electron chi connectivity index (χ0n) is 21.3. The predicted octanol–water partition coefficient (Wildman–Crippen LogP) is 6.72. The summed E-state index contributed by atoms with van der Waals surface area (Å²) in [5, 5.41) is 11.9. The molecule has 4 rings (SSSR count). The number of methoxy groups -OCH3 is 2. The normalized spacial score (nSPS) is 11.1. The minimum Gasteiger partial charge on any atom is -0.493 e. The van der Waals surface area contributed by atoms with Crippen LogP contribution in [0.25, 0.3) is 6.08 Å². The average Bonchev–Trinajstić information content (AvgIpc) is 2.96. The minimum absolute atomic E-state index is 0.0317. The fourth-order valence-electron chi connectivity index (χ4n) is 3.88. The maximum atomic E-state index is 11.9. The summed E-state index contributed by atoms with van der Waals surface area (Å²) in [5.41, 5.74) is 3.43. The van der Waals surface area contributed by atoms with Gasteiger partial charge in [-0.2, -0.15) is 0 Å². The largest absolute Gasteiger partial charge is 0.493 e. The molecule has 194 valence electrons. The van der Waals surface area contributed by atoms with Crippen LogP contribution in [0.3, 0.4) is 0 Å². The number of benzene rings is 4. The van der Waals surface area contributed by atoms with Crippen LogP contribution < -0.4 is 18.9 Å². The van der Waals surface area contributed by atoms with Crippen LogP contribution >= 0.6 is 0 Å². The van der Waals surface area contributed by atoms with Crippen molar-refractivity contribution in [1.82, 2.24) is 0 Å². The third-order valence-corrected chi connectivity index (χ3v) is 5.84. The van der Waals surface area contributed by atoms with Gasteiger partial charge in [0.15, 0.2) is 23.0 Å². The van der Waals surface area contributed by atoms with E-state index >= 15 is 0 Å². The molecule has 0 aliphatic rings. The highest BCUT2D eigenvalue weighted by Crippen LogP contribution is 2.32. The first kappa shape index (κ1) is 26.3. The fraction of sp³-hybridized carbons (Fsp3) is 0.161. The van der Waals surface area contributed by atoms with Crippen LogP contribution in [0.5, 0.6) is 23.0 Å². The summed E-state index contributed by atoms with van der Waals surface area (Å²) in [7, 11) is 3.11. The average molecular weight is 512 g/mol. The van der Waals surface area contributed by atoms with E-state index in [4.69, 9.17) is 18.9 Å². The molecule has 0 aromatic heterocycles. The van der Waals surface area contributed by atoms with Gasteiger partial charge in [-0.05, 0) is 46.5 Å². The molecular formula is C31H29NO6. The summed E-state index contributed by atoms with van der Waals surface area (Å²) in [6, 6.07) is 30.2. The number of nitrogens with zero attached hydrogens (tertiary/aromatic N) is 1. The molecule has 0 bridgehead atoms. The maximum Gasteiger partial charge on any atom is 0.251 e. The summed E-state index contributed by atoms with van der Waals surface area (Å²) >= 11 is 0. The topological polar surface area (TPSA) is 80.1 Å². The zero-order chi connectivity index (χ0) is 26.7. The van der Waals surface area contributed by atoms with Gasteiger partial charge in [-0.15, -0.1) is 0 Å². The quantitative estimate of drug-likeness (QED) is 0.155. The first-order valence-electron chi connectivity index (χ1n) is 12.1. The Morgan fingerprint density at radius 1 is 0.684 bits per heavy atom. The van der Waals surface area contributed by atoms with E-state index in [2.05, 4.69) is 0 Å². The van der Waals surface area contributed by atoms with E-state index in [9.17, 15) is 10.1 Å². The number of hydrogen-bond acceptors (Lipinski definition) is 6. The number of nitro groups is 1. The van der Waals surface area contributed by atoms with Gasteiger partial charge in [-0.25, -0.2) is 0 Å². The molecule has 38 heavy (non-hydrogen) atoms. The summed E-state index contributed by atoms with van der Waals surface area (Å²) in [4.78, 5) is 11.6. The highest BCUT2D eigenvalue weighted by atomic mass is 16.6. The molecule has 4 aromatic carbocycles. The Bertz CT molecular complexity index is 1390. The van der Waals surface area contributed by atoms with Crippen molar-refractivity contribution in [2.45, 2.75) is 19.6 Å². The first-order valence-corrected chi connectivity index (χ1v) is 12.1. The second-order valence-corrected chi connectivity index (χ2v) is 8.51. The lowest BCUT2D eigenvalue weighted by atomic mass is 10.1. The Morgan fingerprint density at radius 2 is 1.26 bits per heavy atom. The Labute approximate surface area is 222 Å². The SMILES string of the molecule is COc1cc(C/C(=C/c2ccc(OC)c(OCc3ccccc3)c2)[N+](=O)[O-])ccc1OCc1ccccc1. The molecule has 0 aliphatic carbocycles. The molecule has 0 aliphatic heterocycles. The summed E-state index contributed by atoms with van der Waals surface area (Å²) in [6.45, 7) is 0.744. The van der Waals surface area contributed by atoms with Crippen LogP contribution in [-0.2, 0) is 19.6 Å². The second-order valence-electron chi connectivity index (χ2n) is 8.51. The number of allylic oxidation sites excluding steroid dienone is 1. The number of ether oxygens (including phenoxy) is 4. The summed E-state index contributed by atoms with van der Waals surface area (Å²) in [5.74, 6) is 2.15. The van der Waals surface area contributed by atoms with Gasteiger partial charge in [-0.3, -0.25) is 10.1 Å². The minimum atomic E-state index is -0.374. The van der Waals surface area contributed by atoms with E-state index in [1.165, 1.54) is 0 Å².